The van der Waals surface area contributed by atoms with Gasteiger partial charge in [-0.1, -0.05) is 18.2 Å². The van der Waals surface area contributed by atoms with Crippen LogP contribution in [-0.2, 0) is 11.2 Å². The number of carbonyl (C=O) groups excluding carboxylic acids is 1. The molecule has 0 aliphatic rings. The van der Waals surface area contributed by atoms with Crippen LogP contribution in [0.4, 0.5) is 0 Å². The number of hydrogen-bond acceptors (Lipinski definition) is 5. The number of nitroso groups, excluding NO2 is 1. The number of aliphatic hydroxyl groups excluding tert-OH is 1. The van der Waals surface area contributed by atoms with E-state index < -0.39 is 11.5 Å². The van der Waals surface area contributed by atoms with Crippen molar-refractivity contribution in [1.82, 2.24) is 0 Å². The Morgan fingerprint density at radius 1 is 1.41 bits per heavy atom. The van der Waals surface area contributed by atoms with Gasteiger partial charge in [0.25, 0.3) is 0 Å². The maximum atomic E-state index is 11.0. The van der Waals surface area contributed by atoms with E-state index in [0.717, 1.165) is 0 Å². The minimum absolute atomic E-state index is 0.0324. The number of ketones is 1. The van der Waals surface area contributed by atoms with Gasteiger partial charge in [-0.25, -0.2) is 0 Å². The SMILES string of the molecule is COc1ccccc1C/C(O)=C(\N=O)C(C)=O. The molecule has 5 heteroatoms. The van der Waals surface area contributed by atoms with Crippen molar-refractivity contribution in [2.24, 2.45) is 5.18 Å². The largest absolute Gasteiger partial charge is 0.509 e. The summed E-state index contributed by atoms with van der Waals surface area (Å²) in [5.74, 6) is -0.336. The van der Waals surface area contributed by atoms with E-state index in [9.17, 15) is 14.8 Å². The molecule has 0 aliphatic heterocycles. The number of rotatable bonds is 5. The second kappa shape index (κ2) is 5.79. The van der Waals surface area contributed by atoms with Crippen LogP contribution in [-0.4, -0.2) is 18.0 Å². The van der Waals surface area contributed by atoms with Gasteiger partial charge >= 0.3 is 0 Å². The third-order valence-electron chi connectivity index (χ3n) is 2.25. The smallest absolute Gasteiger partial charge is 0.188 e. The van der Waals surface area contributed by atoms with Gasteiger partial charge in [-0.15, -0.1) is 4.91 Å². The molecule has 17 heavy (non-hydrogen) atoms. The normalized spacial score (nSPS) is 11.6. The van der Waals surface area contributed by atoms with Gasteiger partial charge in [0, 0.05) is 18.9 Å². The van der Waals surface area contributed by atoms with Crippen LogP contribution in [0, 0.1) is 4.91 Å². The molecule has 1 aromatic carbocycles. The lowest BCUT2D eigenvalue weighted by molar-refractivity contribution is -0.113. The molecule has 0 radical (unpaired) electrons. The Bertz CT molecular complexity index is 465. The van der Waals surface area contributed by atoms with Crippen molar-refractivity contribution in [1.29, 1.82) is 0 Å². The summed E-state index contributed by atoms with van der Waals surface area (Å²) in [7, 11) is 1.50. The molecular formula is C12H13NO4. The molecule has 0 aromatic heterocycles. The third kappa shape index (κ3) is 3.14. The number of Topliss-reactive ketones (excluding diaryl/α,β-unsaturated/α-hetero) is 1. The second-order valence-corrected chi connectivity index (χ2v) is 3.43. The molecule has 5 nitrogen and oxygen atoms in total. The Morgan fingerprint density at radius 3 is 2.59 bits per heavy atom. The van der Waals surface area contributed by atoms with Crippen LogP contribution in [0.15, 0.2) is 40.9 Å². The summed E-state index contributed by atoms with van der Waals surface area (Å²) in [5, 5.41) is 12.2. The minimum atomic E-state index is -0.563. The molecule has 0 heterocycles. The predicted molar refractivity (Wildman–Crippen MR) is 62.8 cm³/mol. The summed E-state index contributed by atoms with van der Waals surface area (Å²) >= 11 is 0. The summed E-state index contributed by atoms with van der Waals surface area (Å²) in [4.78, 5) is 21.4. The van der Waals surface area contributed by atoms with Crippen molar-refractivity contribution in [3.05, 3.63) is 46.2 Å². The standard InChI is InChI=1S/C12H13NO4/c1-8(14)12(13-16)10(15)7-9-5-3-4-6-11(9)17-2/h3-6,15H,7H2,1-2H3/b12-10+. The molecule has 0 aliphatic carbocycles. The summed E-state index contributed by atoms with van der Waals surface area (Å²) in [6.07, 6.45) is 0.0324. The van der Waals surface area contributed by atoms with Crippen LogP contribution in [0.25, 0.3) is 0 Å². The Morgan fingerprint density at radius 2 is 2.06 bits per heavy atom. The average Bonchev–Trinajstić information content (AvgIpc) is 2.30. The first-order chi connectivity index (χ1) is 8.10. The number of methoxy groups -OCH3 is 1. The molecule has 0 spiro atoms. The number of allylic oxidation sites excluding steroid dienone is 2. The van der Waals surface area contributed by atoms with E-state index in [-0.39, 0.29) is 12.2 Å². The highest BCUT2D eigenvalue weighted by molar-refractivity contribution is 5.93. The number of ether oxygens (including phenoxy) is 1. The van der Waals surface area contributed by atoms with E-state index in [1.807, 2.05) is 0 Å². The van der Waals surface area contributed by atoms with Crippen LogP contribution in [0.1, 0.15) is 12.5 Å². The van der Waals surface area contributed by atoms with Crippen molar-refractivity contribution in [3.8, 4) is 5.75 Å². The molecule has 0 fully saturated rings. The maximum Gasteiger partial charge on any atom is 0.188 e. The van der Waals surface area contributed by atoms with Gasteiger partial charge in [-0.3, -0.25) is 4.79 Å². The van der Waals surface area contributed by atoms with Crippen LogP contribution >= 0.6 is 0 Å². The van der Waals surface area contributed by atoms with Gasteiger partial charge in [0.05, 0.1) is 7.11 Å². The molecular weight excluding hydrogens is 222 g/mol. The molecule has 1 N–H and O–H groups in total. The van der Waals surface area contributed by atoms with E-state index in [2.05, 4.69) is 5.18 Å². The van der Waals surface area contributed by atoms with Crippen LogP contribution < -0.4 is 4.74 Å². The monoisotopic (exact) mass is 235 g/mol. The van der Waals surface area contributed by atoms with E-state index in [0.29, 0.717) is 11.3 Å². The third-order valence-corrected chi connectivity index (χ3v) is 2.25. The van der Waals surface area contributed by atoms with Gasteiger partial charge in [-0.2, -0.15) is 0 Å². The fourth-order valence-electron chi connectivity index (χ4n) is 1.43. The molecule has 0 bridgehead atoms. The van der Waals surface area contributed by atoms with Crippen LogP contribution in [0.5, 0.6) is 5.75 Å². The lowest BCUT2D eigenvalue weighted by Crippen LogP contribution is -2.02. The zero-order valence-electron chi connectivity index (χ0n) is 9.64. The zero-order valence-corrected chi connectivity index (χ0v) is 9.64. The number of benzene rings is 1. The quantitative estimate of drug-likeness (QED) is 0.483. The number of aliphatic hydroxyl groups is 1. The fraction of sp³-hybridized carbons (Fsp3) is 0.250. The first-order valence-corrected chi connectivity index (χ1v) is 4.98. The second-order valence-electron chi connectivity index (χ2n) is 3.43. The highest BCUT2D eigenvalue weighted by Crippen LogP contribution is 2.21. The summed E-state index contributed by atoms with van der Waals surface area (Å²) in [6, 6.07) is 7.02. The van der Waals surface area contributed by atoms with Gasteiger partial charge in [-0.05, 0) is 11.2 Å². The van der Waals surface area contributed by atoms with Gasteiger partial charge in [0.1, 0.15) is 11.5 Å². The molecule has 0 saturated carbocycles. The van der Waals surface area contributed by atoms with E-state index >= 15 is 0 Å². The van der Waals surface area contributed by atoms with Gasteiger partial charge in [0.2, 0.25) is 0 Å². The summed E-state index contributed by atoms with van der Waals surface area (Å²) < 4.78 is 5.09. The molecule has 1 rings (SSSR count). The Kier molecular flexibility index (Phi) is 4.39. The number of hydrogen-bond donors (Lipinski definition) is 1. The zero-order chi connectivity index (χ0) is 12.8. The lowest BCUT2D eigenvalue weighted by atomic mass is 10.1. The van der Waals surface area contributed by atoms with Crippen molar-refractivity contribution in [3.63, 3.8) is 0 Å². The van der Waals surface area contributed by atoms with Crippen LogP contribution in [0.2, 0.25) is 0 Å². The number of carbonyl (C=O) groups is 1. The van der Waals surface area contributed by atoms with Crippen molar-refractivity contribution < 1.29 is 14.6 Å². The van der Waals surface area contributed by atoms with E-state index in [1.54, 1.807) is 24.3 Å². The Balaban J connectivity index is 3.05. The molecule has 90 valence electrons. The molecule has 0 unspecified atom stereocenters. The summed E-state index contributed by atoms with van der Waals surface area (Å²) in [6.45, 7) is 1.18. The van der Waals surface area contributed by atoms with Gasteiger partial charge < -0.3 is 9.84 Å². The molecule has 0 amide bonds. The number of nitrogens with zero attached hydrogens (tertiary/aromatic N) is 1. The summed E-state index contributed by atoms with van der Waals surface area (Å²) in [5.41, 5.74) is 0.228. The van der Waals surface area contributed by atoms with Gasteiger partial charge in [0.15, 0.2) is 11.5 Å². The lowest BCUT2D eigenvalue weighted by Gasteiger charge is -2.07. The van der Waals surface area contributed by atoms with Crippen molar-refractivity contribution >= 4 is 5.78 Å². The Labute approximate surface area is 98.7 Å². The van der Waals surface area contributed by atoms with Crippen molar-refractivity contribution in [2.45, 2.75) is 13.3 Å². The van der Waals surface area contributed by atoms with E-state index in [1.165, 1.54) is 14.0 Å². The molecule has 1 aromatic rings. The highest BCUT2D eigenvalue weighted by Gasteiger charge is 2.13. The number of para-hydroxylation sites is 1. The topological polar surface area (TPSA) is 76.0 Å². The maximum absolute atomic E-state index is 11.0. The predicted octanol–water partition coefficient (Wildman–Crippen LogP) is 2.36. The first-order valence-electron chi connectivity index (χ1n) is 4.98. The minimum Gasteiger partial charge on any atom is -0.509 e. The first kappa shape index (κ1) is 12.9. The highest BCUT2D eigenvalue weighted by atomic mass is 16.5. The fourth-order valence-corrected chi connectivity index (χ4v) is 1.43. The van der Waals surface area contributed by atoms with E-state index in [4.69, 9.17) is 4.74 Å². The molecule has 0 atom stereocenters. The van der Waals surface area contributed by atoms with Crippen LogP contribution in [0.3, 0.4) is 0 Å². The molecule has 0 saturated heterocycles. The van der Waals surface area contributed by atoms with Crippen molar-refractivity contribution in [2.75, 3.05) is 7.11 Å². The Hall–Kier alpha value is -2.17. The average molecular weight is 235 g/mol.